The average molecular weight is 258 g/mol. The van der Waals surface area contributed by atoms with Crippen LogP contribution in [0.25, 0.3) is 0 Å². The molecule has 0 atom stereocenters. The van der Waals surface area contributed by atoms with Crippen LogP contribution in [0.4, 0.5) is 0 Å². The number of aromatic nitrogens is 2. The van der Waals surface area contributed by atoms with Gasteiger partial charge in [-0.15, -0.1) is 0 Å². The van der Waals surface area contributed by atoms with Gasteiger partial charge in [0, 0.05) is 6.20 Å². The van der Waals surface area contributed by atoms with Gasteiger partial charge in [0.15, 0.2) is 5.78 Å². The lowest BCUT2D eigenvalue weighted by atomic mass is 10.0. The molecule has 0 bridgehead atoms. The van der Waals surface area contributed by atoms with Gasteiger partial charge in [-0.25, -0.2) is 9.97 Å². The van der Waals surface area contributed by atoms with Crippen LogP contribution in [0.1, 0.15) is 16.1 Å². The Balaban J connectivity index is 2.27. The largest absolute Gasteiger partial charge is 0.497 e. The molecule has 1 heterocycles. The Morgan fingerprint density at radius 2 is 2.05 bits per heavy atom. The summed E-state index contributed by atoms with van der Waals surface area (Å²) >= 11 is 0. The molecule has 0 saturated heterocycles. The molecule has 0 aliphatic heterocycles. The highest BCUT2D eigenvalue weighted by Crippen LogP contribution is 2.25. The first-order valence-corrected chi connectivity index (χ1v) is 5.74. The van der Waals surface area contributed by atoms with E-state index in [9.17, 15) is 4.79 Å². The van der Waals surface area contributed by atoms with Crippen molar-refractivity contribution in [2.75, 3.05) is 14.2 Å². The fraction of sp³-hybridized carbons (Fsp3) is 0.214. The lowest BCUT2D eigenvalue weighted by Gasteiger charge is -2.09. The molecule has 1 aromatic heterocycles. The molecule has 19 heavy (non-hydrogen) atoms. The van der Waals surface area contributed by atoms with Crippen molar-refractivity contribution in [3.05, 3.63) is 48.0 Å². The normalized spacial score (nSPS) is 10.0. The number of hydrogen-bond donors (Lipinski definition) is 0. The van der Waals surface area contributed by atoms with E-state index in [1.807, 2.05) is 0 Å². The molecule has 5 nitrogen and oxygen atoms in total. The molecule has 2 aromatic rings. The van der Waals surface area contributed by atoms with Crippen molar-refractivity contribution < 1.29 is 14.3 Å². The maximum absolute atomic E-state index is 12.3. The van der Waals surface area contributed by atoms with Crippen molar-refractivity contribution in [1.82, 2.24) is 9.97 Å². The SMILES string of the molecule is COc1ccc(OC)c(C(=O)Cc2ccncn2)c1. The molecular weight excluding hydrogens is 244 g/mol. The molecular formula is C14H14N2O3. The highest BCUT2D eigenvalue weighted by atomic mass is 16.5. The fourth-order valence-electron chi connectivity index (χ4n) is 1.71. The summed E-state index contributed by atoms with van der Waals surface area (Å²) in [5.74, 6) is 1.07. The van der Waals surface area contributed by atoms with Crippen molar-refractivity contribution in [3.63, 3.8) is 0 Å². The second-order valence-electron chi connectivity index (χ2n) is 3.87. The maximum Gasteiger partial charge on any atom is 0.172 e. The molecule has 2 rings (SSSR count). The minimum atomic E-state index is -0.0746. The van der Waals surface area contributed by atoms with Gasteiger partial charge in [0.1, 0.15) is 17.8 Å². The minimum absolute atomic E-state index is 0.0746. The summed E-state index contributed by atoms with van der Waals surface area (Å²) in [6.45, 7) is 0. The summed E-state index contributed by atoms with van der Waals surface area (Å²) in [4.78, 5) is 20.1. The smallest absolute Gasteiger partial charge is 0.172 e. The lowest BCUT2D eigenvalue weighted by molar-refractivity contribution is 0.0988. The number of Topliss-reactive ketones (excluding diaryl/α,β-unsaturated/α-hetero) is 1. The van der Waals surface area contributed by atoms with Crippen LogP contribution in [0.15, 0.2) is 36.8 Å². The van der Waals surface area contributed by atoms with Gasteiger partial charge in [0.2, 0.25) is 0 Å². The molecule has 0 aliphatic rings. The Morgan fingerprint density at radius 1 is 1.21 bits per heavy atom. The van der Waals surface area contributed by atoms with Gasteiger partial charge >= 0.3 is 0 Å². The monoisotopic (exact) mass is 258 g/mol. The number of carbonyl (C=O) groups excluding carboxylic acids is 1. The summed E-state index contributed by atoms with van der Waals surface area (Å²) in [6, 6.07) is 6.85. The first kappa shape index (κ1) is 13.0. The van der Waals surface area contributed by atoms with Gasteiger partial charge in [-0.3, -0.25) is 4.79 Å². The Kier molecular flexibility index (Phi) is 4.07. The van der Waals surface area contributed by atoms with Crippen molar-refractivity contribution in [1.29, 1.82) is 0 Å². The van der Waals surface area contributed by atoms with E-state index in [1.54, 1.807) is 37.6 Å². The Morgan fingerprint density at radius 3 is 2.68 bits per heavy atom. The zero-order chi connectivity index (χ0) is 13.7. The predicted octanol–water partition coefficient (Wildman–Crippen LogP) is 1.92. The van der Waals surface area contributed by atoms with Crippen LogP contribution in [0.2, 0.25) is 0 Å². The highest BCUT2D eigenvalue weighted by molar-refractivity contribution is 6.00. The van der Waals surface area contributed by atoms with E-state index in [4.69, 9.17) is 9.47 Å². The van der Waals surface area contributed by atoms with Crippen molar-refractivity contribution in [3.8, 4) is 11.5 Å². The minimum Gasteiger partial charge on any atom is -0.497 e. The van der Waals surface area contributed by atoms with Crippen molar-refractivity contribution in [2.45, 2.75) is 6.42 Å². The van der Waals surface area contributed by atoms with Crippen LogP contribution in [0.5, 0.6) is 11.5 Å². The van der Waals surface area contributed by atoms with Crippen LogP contribution in [0, 0.1) is 0 Å². The zero-order valence-electron chi connectivity index (χ0n) is 10.8. The van der Waals surface area contributed by atoms with Crippen LogP contribution in [0.3, 0.4) is 0 Å². The Hall–Kier alpha value is -2.43. The number of ketones is 1. The third-order valence-electron chi connectivity index (χ3n) is 2.69. The fourth-order valence-corrected chi connectivity index (χ4v) is 1.71. The van der Waals surface area contributed by atoms with E-state index in [1.165, 1.54) is 13.4 Å². The number of hydrogen-bond acceptors (Lipinski definition) is 5. The molecule has 0 amide bonds. The molecule has 1 aromatic carbocycles. The molecule has 0 fully saturated rings. The quantitative estimate of drug-likeness (QED) is 0.767. The molecule has 0 radical (unpaired) electrons. The summed E-state index contributed by atoms with van der Waals surface area (Å²) in [7, 11) is 3.09. The average Bonchev–Trinajstić information content (AvgIpc) is 2.47. The predicted molar refractivity (Wildman–Crippen MR) is 69.6 cm³/mol. The first-order valence-electron chi connectivity index (χ1n) is 5.74. The standard InChI is InChI=1S/C14H14N2O3/c1-18-11-3-4-14(19-2)12(8-11)13(17)7-10-5-6-15-9-16-10/h3-6,8-9H,7H2,1-2H3. The number of ether oxygens (including phenoxy) is 2. The van der Waals surface area contributed by atoms with Gasteiger partial charge in [-0.1, -0.05) is 0 Å². The topological polar surface area (TPSA) is 61.3 Å². The van der Waals surface area contributed by atoms with E-state index >= 15 is 0 Å². The van der Waals surface area contributed by atoms with Crippen molar-refractivity contribution in [2.24, 2.45) is 0 Å². The number of carbonyl (C=O) groups is 1. The summed E-state index contributed by atoms with van der Waals surface area (Å²) in [6.07, 6.45) is 3.23. The van der Waals surface area contributed by atoms with E-state index in [-0.39, 0.29) is 12.2 Å². The van der Waals surface area contributed by atoms with Gasteiger partial charge in [0.25, 0.3) is 0 Å². The zero-order valence-corrected chi connectivity index (χ0v) is 10.8. The van der Waals surface area contributed by atoms with Gasteiger partial charge < -0.3 is 9.47 Å². The summed E-state index contributed by atoms with van der Waals surface area (Å²) in [5.41, 5.74) is 1.16. The van der Waals surface area contributed by atoms with E-state index in [0.29, 0.717) is 22.8 Å². The molecule has 0 aliphatic carbocycles. The van der Waals surface area contributed by atoms with Crippen LogP contribution in [-0.4, -0.2) is 30.0 Å². The number of methoxy groups -OCH3 is 2. The lowest BCUT2D eigenvalue weighted by Crippen LogP contribution is -2.07. The van der Waals surface area contributed by atoms with Crippen LogP contribution < -0.4 is 9.47 Å². The highest BCUT2D eigenvalue weighted by Gasteiger charge is 2.14. The second kappa shape index (κ2) is 5.95. The van der Waals surface area contributed by atoms with Gasteiger partial charge in [-0.05, 0) is 24.3 Å². The molecule has 0 N–H and O–H groups in total. The first-order chi connectivity index (χ1) is 9.24. The second-order valence-corrected chi connectivity index (χ2v) is 3.87. The molecule has 98 valence electrons. The van der Waals surface area contributed by atoms with Crippen LogP contribution in [-0.2, 0) is 6.42 Å². The number of benzene rings is 1. The van der Waals surface area contributed by atoms with Crippen LogP contribution >= 0.6 is 0 Å². The maximum atomic E-state index is 12.3. The van der Waals surface area contributed by atoms with Gasteiger partial charge in [0.05, 0.1) is 31.9 Å². The molecule has 0 spiro atoms. The third-order valence-corrected chi connectivity index (χ3v) is 2.69. The third kappa shape index (κ3) is 3.07. The van der Waals surface area contributed by atoms with E-state index in [2.05, 4.69) is 9.97 Å². The number of rotatable bonds is 5. The Labute approximate surface area is 111 Å². The number of nitrogens with zero attached hydrogens (tertiary/aromatic N) is 2. The summed E-state index contributed by atoms with van der Waals surface area (Å²) in [5, 5.41) is 0. The van der Waals surface area contributed by atoms with E-state index in [0.717, 1.165) is 0 Å². The Bertz CT molecular complexity index is 570. The van der Waals surface area contributed by atoms with E-state index < -0.39 is 0 Å². The summed E-state index contributed by atoms with van der Waals surface area (Å²) < 4.78 is 10.3. The molecule has 0 saturated carbocycles. The van der Waals surface area contributed by atoms with Crippen molar-refractivity contribution >= 4 is 5.78 Å². The molecule has 5 heteroatoms. The van der Waals surface area contributed by atoms with Gasteiger partial charge in [-0.2, -0.15) is 0 Å². The molecule has 0 unspecified atom stereocenters.